The van der Waals surface area contributed by atoms with Crippen molar-refractivity contribution >= 4 is 11.9 Å². The van der Waals surface area contributed by atoms with Crippen LogP contribution in [0.2, 0.25) is 0 Å². The van der Waals surface area contributed by atoms with Crippen molar-refractivity contribution in [1.29, 1.82) is 0 Å². The van der Waals surface area contributed by atoms with Crippen molar-refractivity contribution in [3.8, 4) is 11.3 Å². The lowest BCUT2D eigenvalue weighted by Gasteiger charge is -2.29. The average Bonchev–Trinajstić information content (AvgIpc) is 3.11. The van der Waals surface area contributed by atoms with Crippen molar-refractivity contribution in [1.82, 2.24) is 15.4 Å². The second-order valence-corrected chi connectivity index (χ2v) is 8.61. The Hall–Kier alpha value is -2.50. The Morgan fingerprint density at radius 3 is 2.45 bits per heavy atom. The van der Waals surface area contributed by atoms with E-state index in [9.17, 15) is 4.79 Å². The van der Waals surface area contributed by atoms with E-state index in [0.717, 1.165) is 48.6 Å². The van der Waals surface area contributed by atoms with Crippen molar-refractivity contribution in [3.05, 3.63) is 35.9 Å². The first-order valence-corrected chi connectivity index (χ1v) is 10.8. The highest BCUT2D eigenvalue weighted by Gasteiger charge is 2.27. The van der Waals surface area contributed by atoms with E-state index in [1.165, 1.54) is 6.42 Å². The molecule has 6 heteroatoms. The highest BCUT2D eigenvalue weighted by atomic mass is 16.5. The van der Waals surface area contributed by atoms with Gasteiger partial charge in [0.1, 0.15) is 5.69 Å². The summed E-state index contributed by atoms with van der Waals surface area (Å²) in [4.78, 5) is 17.1. The fraction of sp³-hybridized carbons (Fsp3) is 0.565. The van der Waals surface area contributed by atoms with Gasteiger partial charge in [-0.25, -0.2) is 4.79 Å². The van der Waals surface area contributed by atoms with Gasteiger partial charge in [-0.3, -0.25) is 0 Å². The molecular formula is C23H34N4O2. The van der Waals surface area contributed by atoms with Crippen LogP contribution in [0, 0.1) is 5.92 Å². The molecule has 0 bridgehead atoms. The van der Waals surface area contributed by atoms with Crippen molar-refractivity contribution in [2.24, 2.45) is 5.92 Å². The molecule has 1 aromatic carbocycles. The number of hydrogen-bond acceptors (Lipinski definition) is 4. The highest BCUT2D eigenvalue weighted by Crippen LogP contribution is 2.34. The van der Waals surface area contributed by atoms with Gasteiger partial charge >= 0.3 is 6.03 Å². The van der Waals surface area contributed by atoms with E-state index in [2.05, 4.69) is 29.2 Å². The number of piperidine rings is 1. The number of amides is 2. The third-order valence-corrected chi connectivity index (χ3v) is 5.09. The van der Waals surface area contributed by atoms with E-state index in [0.29, 0.717) is 19.0 Å². The number of anilines is 1. The van der Waals surface area contributed by atoms with Crippen molar-refractivity contribution in [2.45, 2.75) is 59.5 Å². The third-order valence-electron chi connectivity index (χ3n) is 5.09. The molecule has 0 radical (unpaired) electrons. The van der Waals surface area contributed by atoms with Crippen LogP contribution in [0.4, 0.5) is 10.7 Å². The highest BCUT2D eigenvalue weighted by molar-refractivity contribution is 5.76. The zero-order valence-electron chi connectivity index (χ0n) is 18.1. The van der Waals surface area contributed by atoms with E-state index in [1.807, 2.05) is 49.1 Å². The number of benzene rings is 1. The number of nitrogens with one attached hydrogen (secondary N) is 1. The standard InChI is InChI=1S/C23H34N4O2/c1-17(2)15-27(23(28)24-18(3)4)16-20-21(19-11-7-5-8-12-19)25-29-22(20)26-13-9-6-10-14-26/h5,7-8,11-12,17-18H,6,9-10,13-16H2,1-4H3,(H,24,28). The molecule has 29 heavy (non-hydrogen) atoms. The molecule has 0 atom stereocenters. The van der Waals surface area contributed by atoms with E-state index >= 15 is 0 Å². The van der Waals surface area contributed by atoms with Gasteiger partial charge in [0.05, 0.1) is 12.1 Å². The molecule has 2 aromatic rings. The van der Waals surface area contributed by atoms with Gasteiger partial charge in [0, 0.05) is 31.2 Å². The molecule has 2 heterocycles. The molecule has 0 saturated carbocycles. The summed E-state index contributed by atoms with van der Waals surface area (Å²) in [5.74, 6) is 1.18. The van der Waals surface area contributed by atoms with Crippen molar-refractivity contribution in [3.63, 3.8) is 0 Å². The van der Waals surface area contributed by atoms with Crippen LogP contribution in [0.25, 0.3) is 11.3 Å². The fourth-order valence-corrected chi connectivity index (χ4v) is 3.80. The Balaban J connectivity index is 1.96. The molecule has 1 aromatic heterocycles. The van der Waals surface area contributed by atoms with Crippen LogP contribution in [0.3, 0.4) is 0 Å². The quantitative estimate of drug-likeness (QED) is 0.720. The molecule has 0 unspecified atom stereocenters. The minimum Gasteiger partial charge on any atom is -0.340 e. The van der Waals surface area contributed by atoms with E-state index in [-0.39, 0.29) is 12.1 Å². The van der Waals surface area contributed by atoms with Crippen LogP contribution in [-0.2, 0) is 6.54 Å². The lowest BCUT2D eigenvalue weighted by Crippen LogP contribution is -2.44. The largest absolute Gasteiger partial charge is 0.340 e. The molecule has 6 nitrogen and oxygen atoms in total. The Bertz CT molecular complexity index is 779. The molecule has 0 spiro atoms. The first kappa shape index (κ1) is 21.2. The smallest absolute Gasteiger partial charge is 0.317 e. The van der Waals surface area contributed by atoms with E-state index in [1.54, 1.807) is 0 Å². The van der Waals surface area contributed by atoms with Crippen LogP contribution < -0.4 is 10.2 Å². The first-order valence-electron chi connectivity index (χ1n) is 10.8. The van der Waals surface area contributed by atoms with Gasteiger partial charge in [0.15, 0.2) is 0 Å². The van der Waals surface area contributed by atoms with Crippen LogP contribution in [0.1, 0.15) is 52.5 Å². The molecule has 2 amide bonds. The maximum Gasteiger partial charge on any atom is 0.317 e. The van der Waals surface area contributed by atoms with Gasteiger partial charge in [-0.05, 0) is 39.0 Å². The summed E-state index contributed by atoms with van der Waals surface area (Å²) in [5, 5.41) is 7.48. The number of nitrogens with zero attached hydrogens (tertiary/aromatic N) is 3. The summed E-state index contributed by atoms with van der Waals surface area (Å²) in [6, 6.07) is 10.1. The number of carbonyl (C=O) groups is 1. The summed E-state index contributed by atoms with van der Waals surface area (Å²) >= 11 is 0. The summed E-state index contributed by atoms with van der Waals surface area (Å²) in [7, 11) is 0. The van der Waals surface area contributed by atoms with Gasteiger partial charge in [0.25, 0.3) is 0 Å². The molecule has 1 aliphatic heterocycles. The summed E-state index contributed by atoms with van der Waals surface area (Å²) in [6.07, 6.45) is 3.57. The second kappa shape index (κ2) is 9.81. The summed E-state index contributed by atoms with van der Waals surface area (Å²) in [5.41, 5.74) is 2.85. The number of rotatable bonds is 7. The maximum atomic E-state index is 12.9. The monoisotopic (exact) mass is 398 g/mol. The SMILES string of the molecule is CC(C)CN(Cc1c(-c2ccccc2)noc1N1CCCCC1)C(=O)NC(C)C. The van der Waals surface area contributed by atoms with Gasteiger partial charge in [0.2, 0.25) is 5.88 Å². The first-order chi connectivity index (χ1) is 14.0. The van der Waals surface area contributed by atoms with Gasteiger partial charge in [-0.15, -0.1) is 0 Å². The zero-order valence-corrected chi connectivity index (χ0v) is 18.1. The molecule has 0 aliphatic carbocycles. The maximum absolute atomic E-state index is 12.9. The predicted octanol–water partition coefficient (Wildman–Crippen LogP) is 4.91. The normalized spacial score (nSPS) is 14.5. The van der Waals surface area contributed by atoms with Crippen LogP contribution in [-0.4, -0.2) is 41.8 Å². The van der Waals surface area contributed by atoms with E-state index in [4.69, 9.17) is 4.52 Å². The molecule has 3 rings (SSSR count). The minimum absolute atomic E-state index is 0.0431. The predicted molar refractivity (Wildman–Crippen MR) is 117 cm³/mol. The molecule has 1 aliphatic rings. The van der Waals surface area contributed by atoms with Gasteiger partial charge < -0.3 is 19.6 Å². The number of hydrogen-bond donors (Lipinski definition) is 1. The number of aromatic nitrogens is 1. The lowest BCUT2D eigenvalue weighted by molar-refractivity contribution is 0.185. The van der Waals surface area contributed by atoms with Crippen molar-refractivity contribution in [2.75, 3.05) is 24.5 Å². The van der Waals surface area contributed by atoms with Gasteiger partial charge in [-0.1, -0.05) is 49.3 Å². The average molecular weight is 399 g/mol. The van der Waals surface area contributed by atoms with Crippen LogP contribution in [0.5, 0.6) is 0 Å². The topological polar surface area (TPSA) is 61.6 Å². The van der Waals surface area contributed by atoms with Crippen LogP contribution >= 0.6 is 0 Å². The summed E-state index contributed by atoms with van der Waals surface area (Å²) in [6.45, 7) is 11.3. The Morgan fingerprint density at radius 1 is 1.14 bits per heavy atom. The van der Waals surface area contributed by atoms with Crippen molar-refractivity contribution < 1.29 is 9.32 Å². The van der Waals surface area contributed by atoms with Crippen LogP contribution in [0.15, 0.2) is 34.9 Å². The minimum atomic E-state index is -0.0431. The van der Waals surface area contributed by atoms with Gasteiger partial charge in [-0.2, -0.15) is 0 Å². The molecule has 1 saturated heterocycles. The molecule has 1 fully saturated rings. The lowest BCUT2D eigenvalue weighted by atomic mass is 10.0. The summed E-state index contributed by atoms with van der Waals surface area (Å²) < 4.78 is 5.87. The molecule has 1 N–H and O–H groups in total. The molecular weight excluding hydrogens is 364 g/mol. The number of urea groups is 1. The Labute approximate surface area is 174 Å². The third kappa shape index (κ3) is 5.52. The zero-order chi connectivity index (χ0) is 20.8. The number of carbonyl (C=O) groups excluding carboxylic acids is 1. The molecule has 158 valence electrons. The fourth-order valence-electron chi connectivity index (χ4n) is 3.80. The Kier molecular flexibility index (Phi) is 7.18. The second-order valence-electron chi connectivity index (χ2n) is 8.61. The Morgan fingerprint density at radius 2 is 1.83 bits per heavy atom. The van der Waals surface area contributed by atoms with E-state index < -0.39 is 0 Å².